The van der Waals surface area contributed by atoms with E-state index in [4.69, 9.17) is 9.47 Å². The third kappa shape index (κ3) is 2.41. The first-order chi connectivity index (χ1) is 10.1. The van der Waals surface area contributed by atoms with E-state index in [2.05, 4.69) is 15.6 Å². The number of guanidine groups is 1. The van der Waals surface area contributed by atoms with Crippen LogP contribution in [0.2, 0.25) is 0 Å². The molecule has 3 rings (SSSR count). The highest BCUT2D eigenvalue weighted by Gasteiger charge is 2.44. The largest absolute Gasteiger partial charge is 0.497 e. The number of aliphatic imine (C=N–C) groups is 1. The molecule has 1 aromatic rings. The quantitative estimate of drug-likeness (QED) is 0.872. The number of rotatable bonds is 4. The molecular weight excluding hydrogens is 270 g/mol. The number of nitrogens with zero attached hydrogens (tertiary/aromatic N) is 1. The first kappa shape index (κ1) is 13.7. The maximum atomic E-state index is 12.4. The van der Waals surface area contributed by atoms with Gasteiger partial charge in [0.25, 0.3) is 5.91 Å². The van der Waals surface area contributed by atoms with Gasteiger partial charge in [-0.25, -0.2) is 4.99 Å². The molecule has 2 fully saturated rings. The van der Waals surface area contributed by atoms with Crippen molar-refractivity contribution < 1.29 is 14.3 Å². The van der Waals surface area contributed by atoms with E-state index in [1.54, 1.807) is 20.3 Å². The van der Waals surface area contributed by atoms with E-state index >= 15 is 0 Å². The summed E-state index contributed by atoms with van der Waals surface area (Å²) in [5.41, 5.74) is -0.144. The van der Waals surface area contributed by atoms with Gasteiger partial charge in [-0.15, -0.1) is 0 Å². The molecule has 1 amide bonds. The number of carbonyl (C=O) groups is 1. The number of carbonyl (C=O) groups excluding carboxylic acids is 1. The van der Waals surface area contributed by atoms with E-state index in [9.17, 15) is 4.79 Å². The molecule has 21 heavy (non-hydrogen) atoms. The second-order valence-electron chi connectivity index (χ2n) is 5.48. The summed E-state index contributed by atoms with van der Waals surface area (Å²) >= 11 is 0. The molecular formula is C15H19N3O3. The minimum atomic E-state index is -0.897. The van der Waals surface area contributed by atoms with E-state index in [0.717, 1.165) is 18.4 Å². The number of hydrogen-bond donors (Lipinski definition) is 2. The fourth-order valence-corrected chi connectivity index (χ4v) is 2.41. The first-order valence-electron chi connectivity index (χ1n) is 6.97. The van der Waals surface area contributed by atoms with Gasteiger partial charge in [0.15, 0.2) is 5.96 Å². The van der Waals surface area contributed by atoms with Crippen molar-refractivity contribution in [2.24, 2.45) is 4.99 Å². The van der Waals surface area contributed by atoms with Gasteiger partial charge in [0.05, 0.1) is 20.3 Å². The molecule has 112 valence electrons. The van der Waals surface area contributed by atoms with Crippen LogP contribution >= 0.6 is 0 Å². The summed E-state index contributed by atoms with van der Waals surface area (Å²) in [4.78, 5) is 16.8. The molecule has 1 aromatic carbocycles. The zero-order valence-electron chi connectivity index (χ0n) is 12.4. The summed E-state index contributed by atoms with van der Waals surface area (Å²) in [6, 6.07) is 5.76. The summed E-state index contributed by atoms with van der Waals surface area (Å²) in [5.74, 6) is 1.70. The van der Waals surface area contributed by atoms with Gasteiger partial charge >= 0.3 is 0 Å². The molecule has 6 heteroatoms. The third-order valence-corrected chi connectivity index (χ3v) is 3.86. The lowest BCUT2D eigenvalue weighted by molar-refractivity contribution is -0.123. The molecule has 0 aromatic heterocycles. The van der Waals surface area contributed by atoms with Gasteiger partial charge < -0.3 is 14.8 Å². The van der Waals surface area contributed by atoms with Crippen molar-refractivity contribution in [3.8, 4) is 11.5 Å². The normalized spacial score (nSPS) is 26.4. The molecule has 1 heterocycles. The Balaban J connectivity index is 1.96. The number of methoxy groups -OCH3 is 2. The van der Waals surface area contributed by atoms with E-state index in [-0.39, 0.29) is 5.91 Å². The zero-order valence-corrected chi connectivity index (χ0v) is 12.4. The highest BCUT2D eigenvalue weighted by Crippen LogP contribution is 2.35. The second-order valence-corrected chi connectivity index (χ2v) is 5.48. The van der Waals surface area contributed by atoms with Crippen LogP contribution in [0.3, 0.4) is 0 Å². The minimum absolute atomic E-state index is 0.134. The molecule has 0 radical (unpaired) electrons. The average Bonchev–Trinajstić information content (AvgIpc) is 3.24. The number of benzene rings is 1. The van der Waals surface area contributed by atoms with Crippen LogP contribution in [-0.4, -0.2) is 32.1 Å². The van der Waals surface area contributed by atoms with Gasteiger partial charge in [0, 0.05) is 11.6 Å². The smallest absolute Gasteiger partial charge is 0.256 e. The van der Waals surface area contributed by atoms with Crippen LogP contribution in [0.1, 0.15) is 25.3 Å². The Morgan fingerprint density at radius 1 is 1.29 bits per heavy atom. The van der Waals surface area contributed by atoms with E-state index in [1.807, 2.05) is 19.1 Å². The van der Waals surface area contributed by atoms with Gasteiger partial charge in [-0.2, -0.15) is 0 Å². The summed E-state index contributed by atoms with van der Waals surface area (Å²) in [5, 5.41) is 5.99. The monoisotopic (exact) mass is 289 g/mol. The van der Waals surface area contributed by atoms with E-state index in [0.29, 0.717) is 23.5 Å². The fourth-order valence-electron chi connectivity index (χ4n) is 2.41. The second kappa shape index (κ2) is 4.95. The van der Waals surface area contributed by atoms with E-state index < -0.39 is 5.54 Å². The molecule has 0 bridgehead atoms. The number of amides is 1. The van der Waals surface area contributed by atoms with Crippen LogP contribution < -0.4 is 20.1 Å². The molecule has 1 unspecified atom stereocenters. The van der Waals surface area contributed by atoms with E-state index in [1.165, 1.54) is 0 Å². The average molecular weight is 289 g/mol. The van der Waals surface area contributed by atoms with Crippen molar-refractivity contribution in [2.75, 3.05) is 14.2 Å². The summed E-state index contributed by atoms with van der Waals surface area (Å²) < 4.78 is 10.6. The fraction of sp³-hybridized carbons (Fsp3) is 0.467. The Hall–Kier alpha value is -2.24. The summed E-state index contributed by atoms with van der Waals surface area (Å²) in [7, 11) is 3.17. The topological polar surface area (TPSA) is 72.0 Å². The molecule has 1 atom stereocenters. The standard InChI is InChI=1S/C15H19N3O3/c1-15(11-7-6-10(20-2)8-12(11)21-3)13(19)17-14(18-15)16-9-4-5-9/h6-9H,4-5H2,1-3H3,(H2,16,17,18,19). The predicted octanol–water partition coefficient (Wildman–Crippen LogP) is 1.16. The number of nitrogens with one attached hydrogen (secondary N) is 2. The molecule has 1 aliphatic carbocycles. The Bertz CT molecular complexity index is 610. The van der Waals surface area contributed by atoms with Crippen molar-refractivity contribution in [1.29, 1.82) is 0 Å². The van der Waals surface area contributed by atoms with Gasteiger partial charge in [0.1, 0.15) is 17.0 Å². The van der Waals surface area contributed by atoms with Crippen molar-refractivity contribution in [1.82, 2.24) is 10.6 Å². The van der Waals surface area contributed by atoms with Crippen LogP contribution in [-0.2, 0) is 10.3 Å². The first-order valence-corrected chi connectivity index (χ1v) is 6.97. The molecule has 0 spiro atoms. The predicted molar refractivity (Wildman–Crippen MR) is 78.6 cm³/mol. The SMILES string of the molecule is COc1ccc(C2(C)NC(=NC3CC3)NC2=O)c(OC)c1. The number of hydrogen-bond acceptors (Lipinski definition) is 4. The summed E-state index contributed by atoms with van der Waals surface area (Å²) in [6.45, 7) is 1.82. The Labute approximate surface area is 123 Å². The zero-order chi connectivity index (χ0) is 15.0. The van der Waals surface area contributed by atoms with Gasteiger partial charge in [0.2, 0.25) is 0 Å². The lowest BCUT2D eigenvalue weighted by Gasteiger charge is -2.24. The Morgan fingerprint density at radius 3 is 2.67 bits per heavy atom. The molecule has 1 aliphatic heterocycles. The summed E-state index contributed by atoms with van der Waals surface area (Å²) in [6.07, 6.45) is 2.17. The lowest BCUT2D eigenvalue weighted by atomic mass is 9.91. The van der Waals surface area contributed by atoms with Gasteiger partial charge in [-0.1, -0.05) is 0 Å². The molecule has 2 aliphatic rings. The van der Waals surface area contributed by atoms with Gasteiger partial charge in [-0.3, -0.25) is 10.1 Å². The van der Waals surface area contributed by atoms with Crippen LogP contribution in [0.15, 0.2) is 23.2 Å². The Morgan fingerprint density at radius 2 is 2.05 bits per heavy atom. The van der Waals surface area contributed by atoms with Crippen molar-refractivity contribution in [2.45, 2.75) is 31.3 Å². The van der Waals surface area contributed by atoms with Crippen molar-refractivity contribution >= 4 is 11.9 Å². The third-order valence-electron chi connectivity index (χ3n) is 3.86. The van der Waals surface area contributed by atoms with Crippen molar-refractivity contribution in [3.63, 3.8) is 0 Å². The minimum Gasteiger partial charge on any atom is -0.497 e. The maximum Gasteiger partial charge on any atom is 0.256 e. The highest BCUT2D eigenvalue weighted by atomic mass is 16.5. The Kier molecular flexibility index (Phi) is 3.23. The molecule has 1 saturated heterocycles. The molecule has 2 N–H and O–H groups in total. The van der Waals surface area contributed by atoms with Crippen LogP contribution in [0.4, 0.5) is 0 Å². The lowest BCUT2D eigenvalue weighted by Crippen LogP contribution is -2.41. The van der Waals surface area contributed by atoms with Crippen molar-refractivity contribution in [3.05, 3.63) is 23.8 Å². The molecule has 6 nitrogen and oxygen atoms in total. The van der Waals surface area contributed by atoms with Crippen LogP contribution in [0.25, 0.3) is 0 Å². The molecule has 1 saturated carbocycles. The number of ether oxygens (including phenoxy) is 2. The van der Waals surface area contributed by atoms with Crippen LogP contribution in [0.5, 0.6) is 11.5 Å². The van der Waals surface area contributed by atoms with Crippen LogP contribution in [0, 0.1) is 0 Å². The van der Waals surface area contributed by atoms with Gasteiger partial charge in [-0.05, 0) is 31.9 Å². The maximum absolute atomic E-state index is 12.4. The highest BCUT2D eigenvalue weighted by molar-refractivity contribution is 6.09.